The van der Waals surface area contributed by atoms with E-state index < -0.39 is 57.8 Å². The summed E-state index contributed by atoms with van der Waals surface area (Å²) in [4.78, 5) is 137. The molecule has 2 aromatic rings. The molecule has 0 saturated carbocycles. The highest BCUT2D eigenvalue weighted by molar-refractivity contribution is 7.88. The summed E-state index contributed by atoms with van der Waals surface area (Å²) in [7, 11) is -2.08. The van der Waals surface area contributed by atoms with Crippen molar-refractivity contribution in [1.82, 2.24) is 65.9 Å². The van der Waals surface area contributed by atoms with E-state index in [4.69, 9.17) is 10.8 Å². The lowest BCUT2D eigenvalue weighted by Crippen LogP contribution is -2.58. The summed E-state index contributed by atoms with van der Waals surface area (Å²) in [6, 6.07) is -1.34. The van der Waals surface area contributed by atoms with Crippen LogP contribution in [0.4, 0.5) is 14.4 Å². The van der Waals surface area contributed by atoms with Crippen molar-refractivity contribution < 1.29 is 61.5 Å². The molecule has 2 aliphatic rings. The van der Waals surface area contributed by atoms with Crippen LogP contribution in [-0.4, -0.2) is 189 Å². The highest BCUT2D eigenvalue weighted by Crippen LogP contribution is 2.13. The van der Waals surface area contributed by atoms with E-state index in [0.29, 0.717) is 17.4 Å². The van der Waals surface area contributed by atoms with Crippen LogP contribution in [0.3, 0.4) is 0 Å². The third-order valence-corrected chi connectivity index (χ3v) is 10.2. The van der Waals surface area contributed by atoms with Gasteiger partial charge in [0.2, 0.25) is 21.8 Å². The van der Waals surface area contributed by atoms with E-state index >= 15 is 0 Å². The molecule has 0 aliphatic carbocycles. The van der Waals surface area contributed by atoms with Gasteiger partial charge in [-0.2, -0.15) is 0 Å². The summed E-state index contributed by atoms with van der Waals surface area (Å²) in [6.45, 7) is 22.9. The second-order valence-corrected chi connectivity index (χ2v) is 19.5. The van der Waals surface area contributed by atoms with Gasteiger partial charge in [0.1, 0.15) is 5.56 Å². The fourth-order valence-corrected chi connectivity index (χ4v) is 6.46. The van der Waals surface area contributed by atoms with Gasteiger partial charge in [-0.3, -0.25) is 38.5 Å². The van der Waals surface area contributed by atoms with E-state index in [9.17, 15) is 61.2 Å². The first-order valence-corrected chi connectivity index (χ1v) is 24.9. The van der Waals surface area contributed by atoms with Gasteiger partial charge in [-0.15, -0.1) is 0 Å². The molecule has 1 atom stereocenters. The maximum atomic E-state index is 11.6. The summed E-state index contributed by atoms with van der Waals surface area (Å²) in [5.74, 6) is -3.89. The highest BCUT2D eigenvalue weighted by atomic mass is 32.2. The first kappa shape index (κ1) is 65.6. The Kier molecular flexibility index (Phi) is 28.0. The molecule has 29 heteroatoms. The molecule has 12 amide bonds. The standard InChI is InChI=1S/C10H17N3O3.C10H14N2O2.C8H15N3O4S.C8H11N3O3.C8H17N3O2/c1-4-12-5-6-13(9(15)8(12)14)10(16)11-7(2)3;1-6(2)12-10(14)8-5-11-7(3)4-9(8)13;1-6(2)9-7(12)10-4-5-11(8(10)13)16(3,14)15;1-4(2)11-7(12)5-6(8(13)14)10-3-9-5;1-5(2)11-8(13)6(9)4-7(12)10-3/h7H,4-6H2,1-3H3,(H,11,16);4-6H,1-3H3,(H,11,13)(H,12,14);6H,4-5H2,1-3H3,(H,9,12);3-4H,1-2H3,(H,9,10)(H,11,12)(H,13,14);5-6H,4,9H2,1-3H3,(H,10,12)(H,11,13). The number of nitrogens with two attached hydrogens (primary N) is 1. The van der Waals surface area contributed by atoms with E-state index in [2.05, 4.69) is 46.9 Å². The number of pyridine rings is 1. The smallest absolute Gasteiger partial charge is 0.354 e. The van der Waals surface area contributed by atoms with E-state index in [0.717, 1.165) is 21.7 Å². The lowest BCUT2D eigenvalue weighted by atomic mass is 10.2. The first-order valence-electron chi connectivity index (χ1n) is 23.0. The minimum atomic E-state index is -3.58. The van der Waals surface area contributed by atoms with Gasteiger partial charge in [-0.05, 0) is 83.1 Å². The predicted molar refractivity (Wildman–Crippen MR) is 267 cm³/mol. The number of aromatic nitrogens is 3. The van der Waals surface area contributed by atoms with Crippen molar-refractivity contribution in [2.24, 2.45) is 5.73 Å². The molecule has 2 aromatic heterocycles. The van der Waals surface area contributed by atoms with Gasteiger partial charge in [0, 0.05) is 74.8 Å². The number of H-pyrrole nitrogens is 2. The number of amides is 12. The van der Waals surface area contributed by atoms with Gasteiger partial charge in [0.05, 0.1) is 38.1 Å². The molecule has 73 heavy (non-hydrogen) atoms. The third kappa shape index (κ3) is 23.6. The summed E-state index contributed by atoms with van der Waals surface area (Å²) >= 11 is 0. The van der Waals surface area contributed by atoms with Gasteiger partial charge in [0.15, 0.2) is 16.8 Å². The molecule has 2 aliphatic heterocycles. The molecular weight excluding hydrogens is 981 g/mol. The second kappa shape index (κ2) is 31.1. The zero-order chi connectivity index (χ0) is 56.7. The fourth-order valence-electron chi connectivity index (χ4n) is 5.67. The second-order valence-electron chi connectivity index (χ2n) is 17.5. The number of imidazole rings is 1. The van der Waals surface area contributed by atoms with Crippen LogP contribution in [0.25, 0.3) is 0 Å². The molecule has 4 heterocycles. The lowest BCUT2D eigenvalue weighted by Gasteiger charge is -2.32. The van der Waals surface area contributed by atoms with Crippen molar-refractivity contribution in [3.63, 3.8) is 0 Å². The van der Waals surface area contributed by atoms with Crippen LogP contribution < -0.4 is 43.1 Å². The zero-order valence-electron chi connectivity index (χ0n) is 43.9. The number of rotatable bonds is 13. The number of urea groups is 3. The number of piperazine rings is 1. The number of hydrogen-bond acceptors (Lipinski definition) is 15. The van der Waals surface area contributed by atoms with Crippen LogP contribution in [0, 0.1) is 6.92 Å². The zero-order valence-corrected chi connectivity index (χ0v) is 44.7. The number of aromatic carboxylic acids is 1. The number of carbonyl (C=O) groups is 10. The Morgan fingerprint density at radius 1 is 0.726 bits per heavy atom. The van der Waals surface area contributed by atoms with Crippen LogP contribution >= 0.6 is 0 Å². The first-order chi connectivity index (χ1) is 33.7. The molecule has 11 N–H and O–H groups in total. The summed E-state index contributed by atoms with van der Waals surface area (Å²) < 4.78 is 23.0. The number of likely N-dealkylation sites (N-methyl/N-ethyl adjacent to an activating group) is 1. The molecule has 2 fully saturated rings. The van der Waals surface area contributed by atoms with Gasteiger partial charge in [-0.25, -0.2) is 41.8 Å². The molecule has 1 unspecified atom stereocenters. The minimum Gasteiger partial charge on any atom is -0.477 e. The Morgan fingerprint density at radius 3 is 1.66 bits per heavy atom. The van der Waals surface area contributed by atoms with Crippen LogP contribution in [0.5, 0.6) is 0 Å². The number of nitrogens with one attached hydrogen (secondary N) is 8. The van der Waals surface area contributed by atoms with Gasteiger partial charge in [0.25, 0.3) is 11.8 Å². The van der Waals surface area contributed by atoms with Crippen LogP contribution in [-0.2, 0) is 29.2 Å². The largest absolute Gasteiger partial charge is 0.477 e. The van der Waals surface area contributed by atoms with Gasteiger partial charge >= 0.3 is 35.9 Å². The van der Waals surface area contributed by atoms with E-state index in [-0.39, 0.29) is 96.4 Å². The summed E-state index contributed by atoms with van der Waals surface area (Å²) in [5, 5.41) is 24.1. The molecule has 0 bridgehead atoms. The maximum Gasteiger partial charge on any atom is 0.354 e. The number of imide groups is 2. The Hall–Kier alpha value is -7.43. The highest BCUT2D eigenvalue weighted by Gasteiger charge is 2.38. The Morgan fingerprint density at radius 2 is 1.22 bits per heavy atom. The number of nitrogens with zero attached hydrogens (tertiary/aromatic N) is 5. The number of carboxylic acids is 1. The van der Waals surface area contributed by atoms with Crippen LogP contribution in [0.15, 0.2) is 23.4 Å². The Labute approximate surface area is 424 Å². The molecule has 28 nitrogen and oxygen atoms in total. The minimum absolute atomic E-state index is 0.0170. The molecule has 410 valence electrons. The molecular formula is C44H74N14O14S. The fraction of sp³-hybridized carbons (Fsp3) is 0.591. The van der Waals surface area contributed by atoms with Gasteiger partial charge < -0.3 is 57.6 Å². The monoisotopic (exact) mass is 1050 g/mol. The third-order valence-electron chi connectivity index (χ3n) is 9.04. The Balaban J connectivity index is 0.000000890. The number of carbonyl (C=O) groups excluding carboxylic acids is 9. The number of sulfonamides is 1. The molecule has 0 spiro atoms. The lowest BCUT2D eigenvalue weighted by molar-refractivity contribution is -0.153. The summed E-state index contributed by atoms with van der Waals surface area (Å²) in [5.41, 5.74) is 5.84. The Bertz CT molecular complexity index is 2420. The topological polar surface area (TPSA) is 398 Å². The maximum absolute atomic E-state index is 11.6. The molecule has 2 saturated heterocycles. The number of aryl methyl sites for hydroxylation is 1. The van der Waals surface area contributed by atoms with Crippen LogP contribution in [0.1, 0.15) is 120 Å². The van der Waals surface area contributed by atoms with E-state index in [1.165, 1.54) is 30.5 Å². The van der Waals surface area contributed by atoms with Gasteiger partial charge in [-0.1, -0.05) is 0 Å². The van der Waals surface area contributed by atoms with E-state index in [1.54, 1.807) is 55.4 Å². The molecule has 0 aromatic carbocycles. The van der Waals surface area contributed by atoms with Crippen molar-refractivity contribution in [2.45, 2.75) is 126 Å². The van der Waals surface area contributed by atoms with Crippen molar-refractivity contribution in [3.8, 4) is 0 Å². The number of carboxylic acid groups (broad SMARTS) is 1. The number of hydrogen-bond donors (Lipinski definition) is 10. The molecule has 4 rings (SSSR count). The summed E-state index contributed by atoms with van der Waals surface area (Å²) in [6.07, 6.45) is 3.58. The quantitative estimate of drug-likeness (QED) is 0.115. The molecule has 0 radical (unpaired) electrons. The average molecular weight is 1060 g/mol. The van der Waals surface area contributed by atoms with E-state index in [1.807, 2.05) is 27.7 Å². The van der Waals surface area contributed by atoms with Crippen molar-refractivity contribution in [1.29, 1.82) is 0 Å². The SMILES string of the molecule is CC(C)NC(=O)N1CCN(S(C)(=O)=O)C1=O.CC(C)NC(=O)c1nc[nH]c1C(=O)O.CCN1CCN(C(=O)NC(C)C)C(=O)C1=O.CNC(=O)CC(N)C(=O)NC(C)C.Cc1cc(=O)c(C(=O)NC(C)C)c[nH]1. The normalized spacial score (nSPS) is 13.6. The van der Waals surface area contributed by atoms with Crippen molar-refractivity contribution >= 4 is 69.5 Å². The van der Waals surface area contributed by atoms with Crippen LogP contribution in [0.2, 0.25) is 0 Å². The van der Waals surface area contributed by atoms with Crippen molar-refractivity contribution in [2.75, 3.05) is 46.0 Å². The average Bonchev–Trinajstić information content (AvgIpc) is 3.92. The predicted octanol–water partition coefficient (Wildman–Crippen LogP) is -0.361. The van der Waals surface area contributed by atoms with Crippen molar-refractivity contribution in [3.05, 3.63) is 51.5 Å². The number of aromatic amines is 2.